The van der Waals surface area contributed by atoms with Crippen molar-refractivity contribution in [2.75, 3.05) is 6.54 Å². The minimum absolute atomic E-state index is 0.0683. The van der Waals surface area contributed by atoms with Gasteiger partial charge in [0.25, 0.3) is 5.19 Å². The largest absolute Gasteiger partial charge is 0.460 e. The second-order valence-electron chi connectivity index (χ2n) is 8.82. The minimum Gasteiger partial charge on any atom is -0.460 e. The Morgan fingerprint density at radius 2 is 2.22 bits per heavy atom. The van der Waals surface area contributed by atoms with Crippen molar-refractivity contribution in [1.82, 2.24) is 20.6 Å². The summed E-state index contributed by atoms with van der Waals surface area (Å²) in [6, 6.07) is 12.0. The third-order valence-electron chi connectivity index (χ3n) is 6.56. The zero-order valence-corrected chi connectivity index (χ0v) is 18.5. The van der Waals surface area contributed by atoms with Crippen LogP contribution in [0.1, 0.15) is 25.5 Å². The van der Waals surface area contributed by atoms with Crippen molar-refractivity contribution in [2.45, 2.75) is 32.4 Å². The molecule has 0 aliphatic heterocycles. The number of aromatic nitrogens is 2. The molecule has 32 heavy (non-hydrogen) atoms. The molecule has 164 valence electrons. The van der Waals surface area contributed by atoms with Crippen molar-refractivity contribution < 1.29 is 13.9 Å². The Balaban J connectivity index is 1.10. The fourth-order valence-electron chi connectivity index (χ4n) is 5.07. The van der Waals surface area contributed by atoms with E-state index in [1.807, 2.05) is 30.3 Å². The molecule has 0 bridgehead atoms. The van der Waals surface area contributed by atoms with Gasteiger partial charge in [-0.3, -0.25) is 4.79 Å². The van der Waals surface area contributed by atoms with Crippen molar-refractivity contribution >= 4 is 38.6 Å². The zero-order valence-electron chi connectivity index (χ0n) is 17.7. The number of benzene rings is 1. The van der Waals surface area contributed by atoms with Crippen LogP contribution in [0.2, 0.25) is 0 Å². The number of ether oxygens (including phenoxy) is 1. The fraction of sp³-hybridized carbons (Fsp3) is 0.375. The summed E-state index contributed by atoms with van der Waals surface area (Å²) in [6.07, 6.45) is 4.16. The number of hydrogen-bond donors (Lipinski definition) is 2. The molecule has 3 aromatic heterocycles. The summed E-state index contributed by atoms with van der Waals surface area (Å²) in [5.41, 5.74) is 1.53. The van der Waals surface area contributed by atoms with Crippen molar-refractivity contribution in [1.29, 1.82) is 0 Å². The van der Waals surface area contributed by atoms with Crippen LogP contribution >= 0.6 is 11.3 Å². The third kappa shape index (κ3) is 3.84. The van der Waals surface area contributed by atoms with E-state index >= 15 is 0 Å². The maximum absolute atomic E-state index is 11.5. The number of pyridine rings is 1. The molecule has 1 aromatic carbocycles. The molecule has 2 fully saturated rings. The van der Waals surface area contributed by atoms with E-state index in [0.717, 1.165) is 52.0 Å². The van der Waals surface area contributed by atoms with Gasteiger partial charge in [0, 0.05) is 31.1 Å². The van der Waals surface area contributed by atoms with E-state index in [4.69, 9.17) is 9.15 Å². The molecule has 2 aliphatic carbocycles. The van der Waals surface area contributed by atoms with E-state index < -0.39 is 0 Å². The lowest BCUT2D eigenvalue weighted by Gasteiger charge is -2.23. The van der Waals surface area contributed by atoms with Crippen LogP contribution in [-0.4, -0.2) is 28.5 Å². The summed E-state index contributed by atoms with van der Waals surface area (Å²) in [7, 11) is 0. The lowest BCUT2D eigenvalue weighted by atomic mass is 9.98. The topological polar surface area (TPSA) is 89.3 Å². The lowest BCUT2D eigenvalue weighted by Crippen LogP contribution is -2.41. The van der Waals surface area contributed by atoms with Crippen molar-refractivity contribution in [2.24, 2.45) is 17.8 Å². The van der Waals surface area contributed by atoms with Crippen LogP contribution in [0.15, 0.2) is 47.0 Å². The van der Waals surface area contributed by atoms with Gasteiger partial charge in [0.1, 0.15) is 17.1 Å². The molecule has 7 nitrogen and oxygen atoms in total. The summed E-state index contributed by atoms with van der Waals surface area (Å²) in [5.74, 6) is 3.75. The molecule has 8 heteroatoms. The van der Waals surface area contributed by atoms with E-state index in [1.54, 1.807) is 13.1 Å². The van der Waals surface area contributed by atoms with Gasteiger partial charge in [0.2, 0.25) is 5.91 Å². The van der Waals surface area contributed by atoms with Gasteiger partial charge in [-0.2, -0.15) is 4.98 Å². The summed E-state index contributed by atoms with van der Waals surface area (Å²) < 4.78 is 13.0. The van der Waals surface area contributed by atoms with Crippen LogP contribution in [0.5, 0.6) is 10.9 Å². The number of thiazole rings is 1. The molecule has 4 aromatic rings. The lowest BCUT2D eigenvalue weighted by molar-refractivity contribution is -0.120. The Hall–Kier alpha value is -2.97. The molecule has 0 saturated heterocycles. The first-order chi connectivity index (χ1) is 15.6. The van der Waals surface area contributed by atoms with Gasteiger partial charge < -0.3 is 19.8 Å². The SMILES string of the molecule is CC(=O)N[C@H]1CC2C[C@H]2C1CNCc1cc2cc(Oc3nc4ncccc4s3)ccc2o1. The number of fused-ring (bicyclic) bond motifs is 3. The highest BCUT2D eigenvalue weighted by Crippen LogP contribution is 2.55. The van der Waals surface area contributed by atoms with Crippen LogP contribution in [-0.2, 0) is 11.3 Å². The first-order valence-electron chi connectivity index (χ1n) is 11.0. The number of nitrogens with zero attached hydrogens (tertiary/aromatic N) is 2. The molecule has 4 atom stereocenters. The van der Waals surface area contributed by atoms with Crippen molar-refractivity contribution in [3.63, 3.8) is 0 Å². The molecule has 2 saturated carbocycles. The predicted octanol–water partition coefficient (Wildman–Crippen LogP) is 4.48. The van der Waals surface area contributed by atoms with E-state index in [-0.39, 0.29) is 5.91 Å². The minimum atomic E-state index is 0.0683. The van der Waals surface area contributed by atoms with E-state index in [1.165, 1.54) is 17.8 Å². The average molecular weight is 449 g/mol. The quantitative estimate of drug-likeness (QED) is 0.433. The molecule has 0 spiro atoms. The van der Waals surface area contributed by atoms with Gasteiger partial charge in [-0.15, -0.1) is 0 Å². The molecule has 2 unspecified atom stereocenters. The maximum atomic E-state index is 11.5. The summed E-state index contributed by atoms with van der Waals surface area (Å²) in [5, 5.41) is 8.25. The number of hydrogen-bond acceptors (Lipinski definition) is 7. The van der Waals surface area contributed by atoms with Crippen molar-refractivity contribution in [3.8, 4) is 10.9 Å². The van der Waals surface area contributed by atoms with E-state index in [0.29, 0.717) is 29.3 Å². The first kappa shape index (κ1) is 19.7. The fourth-order valence-corrected chi connectivity index (χ4v) is 5.86. The second-order valence-corrected chi connectivity index (χ2v) is 9.81. The van der Waals surface area contributed by atoms with Gasteiger partial charge >= 0.3 is 0 Å². The Morgan fingerprint density at radius 3 is 3.09 bits per heavy atom. The highest BCUT2D eigenvalue weighted by Gasteiger charge is 2.53. The number of carbonyl (C=O) groups is 1. The van der Waals surface area contributed by atoms with Crippen LogP contribution in [0.3, 0.4) is 0 Å². The standard InChI is InChI=1S/C24H24N4O3S/c1-13(29)27-20-10-14-9-18(14)19(20)12-25-11-17-8-15-7-16(4-5-21(15)30-17)31-24-28-23-22(32-24)3-2-6-26-23/h2-8,14,18-20,25H,9-12H2,1H3,(H,27,29)/t14?,18-,19?,20+/m1/s1. The van der Waals surface area contributed by atoms with Gasteiger partial charge in [0.05, 0.1) is 11.2 Å². The normalized spacial score (nSPS) is 24.0. The Bertz CT molecular complexity index is 1270. The van der Waals surface area contributed by atoms with Gasteiger partial charge in [0.15, 0.2) is 5.65 Å². The van der Waals surface area contributed by atoms with Crippen LogP contribution < -0.4 is 15.4 Å². The molecule has 3 heterocycles. The number of nitrogens with one attached hydrogen (secondary N) is 2. The van der Waals surface area contributed by atoms with E-state index in [9.17, 15) is 4.79 Å². The van der Waals surface area contributed by atoms with Crippen LogP contribution in [0.4, 0.5) is 0 Å². The van der Waals surface area contributed by atoms with Gasteiger partial charge in [-0.25, -0.2) is 4.98 Å². The smallest absolute Gasteiger partial charge is 0.281 e. The molecular weight excluding hydrogens is 424 g/mol. The monoisotopic (exact) mass is 448 g/mol. The Labute approximate surface area is 189 Å². The second kappa shape index (κ2) is 7.86. The molecule has 2 aliphatic rings. The first-order valence-corrected chi connectivity index (χ1v) is 11.8. The molecule has 6 rings (SSSR count). The predicted molar refractivity (Wildman–Crippen MR) is 123 cm³/mol. The number of carbonyl (C=O) groups excluding carboxylic acids is 1. The Kier molecular flexibility index (Phi) is 4.84. The molecule has 1 amide bonds. The summed E-state index contributed by atoms with van der Waals surface area (Å²) in [6.45, 7) is 3.16. The number of amides is 1. The third-order valence-corrected chi connectivity index (χ3v) is 7.45. The molecule has 2 N–H and O–H groups in total. The maximum Gasteiger partial charge on any atom is 0.281 e. The molecular formula is C24H24N4O3S. The summed E-state index contributed by atoms with van der Waals surface area (Å²) in [4.78, 5) is 20.2. The highest BCUT2D eigenvalue weighted by molar-refractivity contribution is 7.20. The zero-order chi connectivity index (χ0) is 21.7. The van der Waals surface area contributed by atoms with Gasteiger partial charge in [-0.05, 0) is 67.0 Å². The van der Waals surface area contributed by atoms with Crippen molar-refractivity contribution in [3.05, 3.63) is 48.4 Å². The van der Waals surface area contributed by atoms with Crippen LogP contribution in [0, 0.1) is 17.8 Å². The van der Waals surface area contributed by atoms with Gasteiger partial charge in [-0.1, -0.05) is 11.3 Å². The van der Waals surface area contributed by atoms with Crippen LogP contribution in [0.25, 0.3) is 21.3 Å². The molecule has 0 radical (unpaired) electrons. The average Bonchev–Trinajstić information content (AvgIpc) is 3.08. The summed E-state index contributed by atoms with van der Waals surface area (Å²) >= 11 is 1.48. The number of rotatable bonds is 7. The highest BCUT2D eigenvalue weighted by atomic mass is 32.1. The van der Waals surface area contributed by atoms with E-state index in [2.05, 4.69) is 26.7 Å². The Morgan fingerprint density at radius 1 is 1.28 bits per heavy atom. The number of furan rings is 1.